The number of anilines is 3. The largest absolute Gasteiger partial charge is 0.383 e. The molecule has 8 nitrogen and oxygen atoms in total. The van der Waals surface area contributed by atoms with E-state index in [0.717, 1.165) is 10.8 Å². The van der Waals surface area contributed by atoms with Crippen LogP contribution in [0.1, 0.15) is 5.56 Å². The molecule has 2 atom stereocenters. The molecule has 0 unspecified atom stereocenters. The first-order valence-corrected chi connectivity index (χ1v) is 9.67. The SMILES string of the molecule is Cc1cc(F)ccc1N1CCO[C@H]([C@@H](O)C(=O)Nc2ccc3c(N)nccc3c2)C1=O. The van der Waals surface area contributed by atoms with E-state index >= 15 is 0 Å². The molecule has 1 aliphatic heterocycles. The van der Waals surface area contributed by atoms with Crippen LogP contribution >= 0.6 is 0 Å². The second kappa shape index (κ2) is 8.29. The molecule has 0 radical (unpaired) electrons. The lowest BCUT2D eigenvalue weighted by molar-refractivity contribution is -0.150. The number of morpholine rings is 1. The molecule has 4 rings (SSSR count). The Bertz CT molecular complexity index is 1170. The second-order valence-corrected chi connectivity index (χ2v) is 7.28. The topological polar surface area (TPSA) is 118 Å². The Hall–Kier alpha value is -3.56. The van der Waals surface area contributed by atoms with Crippen molar-refractivity contribution in [1.29, 1.82) is 0 Å². The first-order valence-electron chi connectivity index (χ1n) is 9.67. The summed E-state index contributed by atoms with van der Waals surface area (Å²) in [5.41, 5.74) is 7.33. The zero-order valence-electron chi connectivity index (χ0n) is 16.7. The normalized spacial score (nSPS) is 17.6. The molecule has 3 aromatic rings. The van der Waals surface area contributed by atoms with Gasteiger partial charge in [0.1, 0.15) is 11.6 Å². The molecule has 1 aromatic heterocycles. The Morgan fingerprint density at radius 2 is 2.13 bits per heavy atom. The van der Waals surface area contributed by atoms with Crippen LogP contribution in [0.15, 0.2) is 48.7 Å². The standard InChI is InChI=1S/C22H21FN4O4/c1-12-10-14(23)2-5-17(12)27-8-9-31-19(22(27)30)18(28)21(29)26-15-3-4-16-13(11-15)6-7-25-20(16)24/h2-7,10-11,18-19,28H,8-9H2,1H3,(H2,24,25)(H,26,29)/t18-,19-/m1/s1. The number of nitrogen functional groups attached to an aromatic ring is 1. The van der Waals surface area contributed by atoms with Gasteiger partial charge in [-0.05, 0) is 60.3 Å². The molecule has 2 amide bonds. The number of rotatable bonds is 4. The third kappa shape index (κ3) is 4.05. The molecule has 0 spiro atoms. The predicted molar refractivity (Wildman–Crippen MR) is 114 cm³/mol. The van der Waals surface area contributed by atoms with Crippen LogP contribution in [0.25, 0.3) is 10.8 Å². The van der Waals surface area contributed by atoms with Crippen molar-refractivity contribution < 1.29 is 23.8 Å². The van der Waals surface area contributed by atoms with Gasteiger partial charge in [-0.2, -0.15) is 0 Å². The zero-order chi connectivity index (χ0) is 22.1. The highest BCUT2D eigenvalue weighted by Gasteiger charge is 2.39. The van der Waals surface area contributed by atoms with E-state index in [1.807, 2.05) is 0 Å². The molecule has 4 N–H and O–H groups in total. The van der Waals surface area contributed by atoms with Crippen molar-refractivity contribution in [3.63, 3.8) is 0 Å². The molecule has 1 fully saturated rings. The third-order valence-electron chi connectivity index (χ3n) is 5.19. The van der Waals surface area contributed by atoms with Gasteiger partial charge in [0.15, 0.2) is 12.2 Å². The van der Waals surface area contributed by atoms with Crippen molar-refractivity contribution >= 4 is 39.8 Å². The number of aryl methyl sites for hydroxylation is 1. The molecule has 9 heteroatoms. The molecular formula is C22H21FN4O4. The number of fused-ring (bicyclic) bond motifs is 1. The van der Waals surface area contributed by atoms with Crippen molar-refractivity contribution in [3.8, 4) is 0 Å². The van der Waals surface area contributed by atoms with Crippen molar-refractivity contribution in [2.75, 3.05) is 29.1 Å². The van der Waals surface area contributed by atoms with Crippen molar-refractivity contribution in [2.24, 2.45) is 0 Å². The van der Waals surface area contributed by atoms with Crippen LogP contribution in [-0.4, -0.2) is 47.3 Å². The number of benzene rings is 2. The molecule has 31 heavy (non-hydrogen) atoms. The smallest absolute Gasteiger partial charge is 0.259 e. The van der Waals surface area contributed by atoms with Gasteiger partial charge < -0.3 is 25.8 Å². The van der Waals surface area contributed by atoms with Gasteiger partial charge in [0, 0.05) is 29.5 Å². The summed E-state index contributed by atoms with van der Waals surface area (Å²) in [4.78, 5) is 30.9. The first-order chi connectivity index (χ1) is 14.8. The Morgan fingerprint density at radius 3 is 2.90 bits per heavy atom. The summed E-state index contributed by atoms with van der Waals surface area (Å²) in [5.74, 6) is -1.39. The number of aliphatic hydroxyl groups is 1. The Balaban J connectivity index is 1.51. The van der Waals surface area contributed by atoms with Gasteiger partial charge in [-0.25, -0.2) is 9.37 Å². The van der Waals surface area contributed by atoms with Crippen LogP contribution in [0.3, 0.4) is 0 Å². The van der Waals surface area contributed by atoms with E-state index in [-0.39, 0.29) is 13.2 Å². The van der Waals surface area contributed by atoms with Crippen LogP contribution in [0, 0.1) is 12.7 Å². The number of carbonyl (C=O) groups is 2. The lowest BCUT2D eigenvalue weighted by Gasteiger charge is -2.34. The number of nitrogens with one attached hydrogen (secondary N) is 1. The van der Waals surface area contributed by atoms with Crippen molar-refractivity contribution in [3.05, 3.63) is 60.0 Å². The Morgan fingerprint density at radius 1 is 1.32 bits per heavy atom. The number of halogens is 1. The number of pyridine rings is 1. The van der Waals surface area contributed by atoms with E-state index in [2.05, 4.69) is 10.3 Å². The summed E-state index contributed by atoms with van der Waals surface area (Å²) in [6.07, 6.45) is -1.55. The minimum absolute atomic E-state index is 0.125. The van der Waals surface area contributed by atoms with Crippen LogP contribution < -0.4 is 16.0 Å². The summed E-state index contributed by atoms with van der Waals surface area (Å²) in [7, 11) is 0. The van der Waals surface area contributed by atoms with Gasteiger partial charge >= 0.3 is 0 Å². The lowest BCUT2D eigenvalue weighted by Crippen LogP contribution is -2.55. The minimum Gasteiger partial charge on any atom is -0.383 e. The first kappa shape index (κ1) is 20.7. The maximum absolute atomic E-state index is 13.4. The molecule has 0 bridgehead atoms. The van der Waals surface area contributed by atoms with Crippen molar-refractivity contribution in [2.45, 2.75) is 19.1 Å². The van der Waals surface area contributed by atoms with E-state index in [1.165, 1.54) is 23.1 Å². The van der Waals surface area contributed by atoms with Crippen LogP contribution in [-0.2, 0) is 14.3 Å². The number of hydrogen-bond acceptors (Lipinski definition) is 6. The number of amides is 2. The van der Waals surface area contributed by atoms with Gasteiger partial charge in [-0.15, -0.1) is 0 Å². The summed E-state index contributed by atoms with van der Waals surface area (Å²) < 4.78 is 18.8. The summed E-state index contributed by atoms with van der Waals surface area (Å²) in [6.45, 7) is 2.04. The monoisotopic (exact) mass is 424 g/mol. The van der Waals surface area contributed by atoms with E-state index in [4.69, 9.17) is 10.5 Å². The van der Waals surface area contributed by atoms with Crippen LogP contribution in [0.4, 0.5) is 21.6 Å². The fourth-order valence-electron chi connectivity index (χ4n) is 3.63. The van der Waals surface area contributed by atoms with Gasteiger partial charge in [-0.3, -0.25) is 9.59 Å². The lowest BCUT2D eigenvalue weighted by atomic mass is 10.1. The minimum atomic E-state index is -1.73. The second-order valence-electron chi connectivity index (χ2n) is 7.28. The Labute approximate surface area is 177 Å². The van der Waals surface area contributed by atoms with Crippen LogP contribution in [0.5, 0.6) is 0 Å². The number of aliphatic hydroxyl groups excluding tert-OH is 1. The van der Waals surface area contributed by atoms with E-state index in [0.29, 0.717) is 22.8 Å². The molecular weight excluding hydrogens is 403 g/mol. The average Bonchev–Trinajstić information content (AvgIpc) is 2.74. The molecule has 2 heterocycles. The highest BCUT2D eigenvalue weighted by Crippen LogP contribution is 2.26. The fraction of sp³-hybridized carbons (Fsp3) is 0.227. The zero-order valence-corrected chi connectivity index (χ0v) is 16.7. The van der Waals surface area contributed by atoms with Gasteiger partial charge in [0.25, 0.3) is 11.8 Å². The molecule has 0 saturated carbocycles. The van der Waals surface area contributed by atoms with Crippen molar-refractivity contribution in [1.82, 2.24) is 4.98 Å². The number of carbonyl (C=O) groups excluding carboxylic acids is 2. The van der Waals surface area contributed by atoms with Gasteiger partial charge in [0.05, 0.1) is 6.61 Å². The third-order valence-corrected chi connectivity index (χ3v) is 5.19. The van der Waals surface area contributed by atoms with Gasteiger partial charge in [0.2, 0.25) is 0 Å². The fourth-order valence-corrected chi connectivity index (χ4v) is 3.63. The molecule has 160 valence electrons. The maximum Gasteiger partial charge on any atom is 0.259 e. The number of nitrogens with zero attached hydrogens (tertiary/aromatic N) is 2. The number of hydrogen-bond donors (Lipinski definition) is 3. The summed E-state index contributed by atoms with van der Waals surface area (Å²) in [5, 5.41) is 14.6. The Kier molecular flexibility index (Phi) is 5.53. The van der Waals surface area contributed by atoms with Crippen LogP contribution in [0.2, 0.25) is 0 Å². The van der Waals surface area contributed by atoms with E-state index in [9.17, 15) is 19.1 Å². The highest BCUT2D eigenvalue weighted by atomic mass is 19.1. The number of aromatic nitrogens is 1. The molecule has 1 aliphatic rings. The quantitative estimate of drug-likeness (QED) is 0.590. The predicted octanol–water partition coefficient (Wildman–Crippen LogP) is 2.00. The van der Waals surface area contributed by atoms with E-state index in [1.54, 1.807) is 37.4 Å². The summed E-state index contributed by atoms with van der Waals surface area (Å²) in [6, 6.07) is 10.8. The highest BCUT2D eigenvalue weighted by molar-refractivity contribution is 6.05. The molecule has 0 aliphatic carbocycles. The number of ether oxygens (including phenoxy) is 1. The molecule has 2 aromatic carbocycles. The van der Waals surface area contributed by atoms with Gasteiger partial charge in [-0.1, -0.05) is 0 Å². The molecule has 1 saturated heterocycles. The summed E-state index contributed by atoms with van der Waals surface area (Å²) >= 11 is 0. The van der Waals surface area contributed by atoms with E-state index < -0.39 is 29.8 Å². The number of nitrogens with two attached hydrogens (primary N) is 1. The maximum atomic E-state index is 13.4. The average molecular weight is 424 g/mol.